The Morgan fingerprint density at radius 3 is 2.50 bits per heavy atom. The van der Waals surface area contributed by atoms with Gasteiger partial charge in [-0.3, -0.25) is 5.43 Å². The fourth-order valence-corrected chi connectivity index (χ4v) is 0.979. The number of thiocarbonyl (C=S) groups is 1. The van der Waals surface area contributed by atoms with Crippen molar-refractivity contribution in [2.45, 2.75) is 6.92 Å². The SMILES string of the molecule is [CH2]C(=NNC(N)=S)c1ccc(C)cc1. The Kier molecular flexibility index (Phi) is 3.59. The van der Waals surface area contributed by atoms with Crippen LogP contribution < -0.4 is 11.2 Å². The molecule has 0 bridgehead atoms. The summed E-state index contributed by atoms with van der Waals surface area (Å²) in [6, 6.07) is 7.89. The Morgan fingerprint density at radius 1 is 1.43 bits per heavy atom. The third-order valence-corrected chi connectivity index (χ3v) is 1.78. The molecule has 0 aliphatic rings. The maximum absolute atomic E-state index is 5.23. The molecular formula is C10H12N3S. The lowest BCUT2D eigenvalue weighted by molar-refractivity contribution is 1.03. The standard InChI is InChI=1S/C10H12N3S/c1-7-3-5-9(6-4-7)8(2)12-13-10(11)14/h3-6H,2H2,1H3,(H3,11,13,14). The van der Waals surface area contributed by atoms with Crippen molar-refractivity contribution in [1.29, 1.82) is 0 Å². The van der Waals surface area contributed by atoms with E-state index in [4.69, 9.17) is 5.73 Å². The van der Waals surface area contributed by atoms with E-state index in [0.29, 0.717) is 5.71 Å². The molecule has 3 nitrogen and oxygen atoms in total. The molecule has 0 heterocycles. The molecule has 0 saturated heterocycles. The maximum Gasteiger partial charge on any atom is 0.184 e. The van der Waals surface area contributed by atoms with Gasteiger partial charge in [-0.1, -0.05) is 29.8 Å². The lowest BCUT2D eigenvalue weighted by Crippen LogP contribution is -2.25. The van der Waals surface area contributed by atoms with Crippen molar-refractivity contribution >= 4 is 23.0 Å². The first-order valence-corrected chi connectivity index (χ1v) is 4.52. The summed E-state index contributed by atoms with van der Waals surface area (Å²) in [6.45, 7) is 5.81. The smallest absolute Gasteiger partial charge is 0.184 e. The first kappa shape index (κ1) is 10.7. The number of hydrogen-bond acceptors (Lipinski definition) is 2. The zero-order valence-electron chi connectivity index (χ0n) is 7.95. The second kappa shape index (κ2) is 4.72. The van der Waals surface area contributed by atoms with Gasteiger partial charge >= 0.3 is 0 Å². The van der Waals surface area contributed by atoms with E-state index >= 15 is 0 Å². The Hall–Kier alpha value is -1.42. The molecule has 0 aliphatic heterocycles. The maximum atomic E-state index is 5.23. The lowest BCUT2D eigenvalue weighted by Gasteiger charge is -2.01. The fraction of sp³-hybridized carbons (Fsp3) is 0.100. The van der Waals surface area contributed by atoms with Crippen molar-refractivity contribution in [3.63, 3.8) is 0 Å². The Labute approximate surface area is 89.0 Å². The molecule has 3 N–H and O–H groups in total. The van der Waals surface area contributed by atoms with Gasteiger partial charge in [0.1, 0.15) is 0 Å². The number of hydrogen-bond donors (Lipinski definition) is 2. The number of rotatable bonds is 2. The van der Waals surface area contributed by atoms with E-state index in [1.54, 1.807) is 0 Å². The van der Waals surface area contributed by atoms with Crippen molar-refractivity contribution in [2.75, 3.05) is 0 Å². The molecule has 0 aliphatic carbocycles. The molecule has 0 atom stereocenters. The predicted molar refractivity (Wildman–Crippen MR) is 63.0 cm³/mol. The van der Waals surface area contributed by atoms with Gasteiger partial charge < -0.3 is 5.73 Å². The molecule has 73 valence electrons. The minimum absolute atomic E-state index is 0.137. The molecule has 0 fully saturated rings. The van der Waals surface area contributed by atoms with Crippen molar-refractivity contribution in [2.24, 2.45) is 10.8 Å². The van der Waals surface area contributed by atoms with E-state index in [-0.39, 0.29) is 5.11 Å². The second-order valence-corrected chi connectivity index (χ2v) is 3.34. The zero-order valence-corrected chi connectivity index (χ0v) is 8.77. The third kappa shape index (κ3) is 3.14. The number of nitrogens with zero attached hydrogens (tertiary/aromatic N) is 1. The van der Waals surface area contributed by atoms with Gasteiger partial charge in [0.05, 0.1) is 5.71 Å². The van der Waals surface area contributed by atoms with Crippen LogP contribution in [0.4, 0.5) is 0 Å². The number of nitrogens with one attached hydrogen (secondary N) is 1. The van der Waals surface area contributed by atoms with Crippen molar-refractivity contribution < 1.29 is 0 Å². The lowest BCUT2D eigenvalue weighted by atomic mass is 10.1. The summed E-state index contributed by atoms with van der Waals surface area (Å²) in [5, 5.41) is 4.05. The minimum Gasteiger partial charge on any atom is -0.375 e. The van der Waals surface area contributed by atoms with Crippen LogP contribution in [0.3, 0.4) is 0 Å². The quantitative estimate of drug-likeness (QED) is 0.436. The second-order valence-electron chi connectivity index (χ2n) is 2.90. The van der Waals surface area contributed by atoms with Crippen LogP contribution in [0, 0.1) is 13.8 Å². The molecule has 0 saturated carbocycles. The van der Waals surface area contributed by atoms with Crippen LogP contribution >= 0.6 is 12.2 Å². The van der Waals surface area contributed by atoms with Crippen molar-refractivity contribution in [3.05, 3.63) is 42.3 Å². The van der Waals surface area contributed by atoms with Crippen molar-refractivity contribution in [3.8, 4) is 0 Å². The summed E-state index contributed by atoms with van der Waals surface area (Å²) < 4.78 is 0. The van der Waals surface area contributed by atoms with E-state index in [1.165, 1.54) is 5.56 Å². The van der Waals surface area contributed by atoms with Crippen LogP contribution in [0.25, 0.3) is 0 Å². The fourth-order valence-electron chi connectivity index (χ4n) is 0.933. The zero-order chi connectivity index (χ0) is 10.6. The largest absolute Gasteiger partial charge is 0.375 e. The molecule has 0 unspecified atom stereocenters. The van der Waals surface area contributed by atoms with Gasteiger partial charge in [-0.25, -0.2) is 0 Å². The summed E-state index contributed by atoms with van der Waals surface area (Å²) in [5.74, 6) is 0. The summed E-state index contributed by atoms with van der Waals surface area (Å²) in [4.78, 5) is 0. The normalized spacial score (nSPS) is 11.1. The van der Waals surface area contributed by atoms with Gasteiger partial charge in [-0.05, 0) is 31.6 Å². The van der Waals surface area contributed by atoms with Crippen LogP contribution in [0.2, 0.25) is 0 Å². The van der Waals surface area contributed by atoms with E-state index < -0.39 is 0 Å². The van der Waals surface area contributed by atoms with E-state index in [0.717, 1.165) is 5.56 Å². The molecule has 1 rings (SSSR count). The first-order valence-electron chi connectivity index (χ1n) is 4.11. The Balaban J connectivity index is 2.78. The molecule has 0 amide bonds. The van der Waals surface area contributed by atoms with E-state index in [1.807, 2.05) is 31.2 Å². The summed E-state index contributed by atoms with van der Waals surface area (Å²) in [6.07, 6.45) is 0. The van der Waals surface area contributed by atoms with Gasteiger partial charge in [0.15, 0.2) is 5.11 Å². The monoisotopic (exact) mass is 206 g/mol. The van der Waals surface area contributed by atoms with Gasteiger partial charge in [-0.2, -0.15) is 5.10 Å². The molecule has 1 radical (unpaired) electrons. The molecule has 0 spiro atoms. The van der Waals surface area contributed by atoms with Gasteiger partial charge in [0, 0.05) is 0 Å². The highest BCUT2D eigenvalue weighted by atomic mass is 32.1. The summed E-state index contributed by atoms with van der Waals surface area (Å²) >= 11 is 4.62. The van der Waals surface area contributed by atoms with Gasteiger partial charge in [0.2, 0.25) is 0 Å². The first-order chi connectivity index (χ1) is 6.59. The van der Waals surface area contributed by atoms with Crippen LogP contribution in [0.5, 0.6) is 0 Å². The molecule has 0 aromatic heterocycles. The van der Waals surface area contributed by atoms with E-state index in [2.05, 4.69) is 29.7 Å². The van der Waals surface area contributed by atoms with Crippen LogP contribution in [-0.4, -0.2) is 10.8 Å². The molecular weight excluding hydrogens is 194 g/mol. The van der Waals surface area contributed by atoms with E-state index in [9.17, 15) is 0 Å². The van der Waals surface area contributed by atoms with Crippen LogP contribution in [0.15, 0.2) is 29.4 Å². The average Bonchev–Trinajstić information content (AvgIpc) is 2.15. The Morgan fingerprint density at radius 2 is 2.00 bits per heavy atom. The highest BCUT2D eigenvalue weighted by molar-refractivity contribution is 7.80. The predicted octanol–water partition coefficient (Wildman–Crippen LogP) is 1.37. The highest BCUT2D eigenvalue weighted by Crippen LogP contribution is 2.03. The van der Waals surface area contributed by atoms with Crippen LogP contribution in [-0.2, 0) is 0 Å². The summed E-state index contributed by atoms with van der Waals surface area (Å²) in [5.41, 5.74) is 10.5. The topological polar surface area (TPSA) is 50.4 Å². The van der Waals surface area contributed by atoms with Crippen LogP contribution in [0.1, 0.15) is 11.1 Å². The molecule has 1 aromatic carbocycles. The number of hydrazone groups is 1. The number of nitrogens with two attached hydrogens (primary N) is 1. The minimum atomic E-state index is 0.137. The molecule has 4 heteroatoms. The van der Waals surface area contributed by atoms with Gasteiger partial charge in [-0.15, -0.1) is 0 Å². The number of aryl methyl sites for hydroxylation is 1. The number of benzene rings is 1. The Bertz CT molecular complexity index is 354. The summed E-state index contributed by atoms with van der Waals surface area (Å²) in [7, 11) is 0. The molecule has 1 aromatic rings. The van der Waals surface area contributed by atoms with Crippen molar-refractivity contribution in [1.82, 2.24) is 5.43 Å². The highest BCUT2D eigenvalue weighted by Gasteiger charge is 1.96. The van der Waals surface area contributed by atoms with Gasteiger partial charge in [0.25, 0.3) is 0 Å². The average molecular weight is 206 g/mol. The molecule has 14 heavy (non-hydrogen) atoms. The third-order valence-electron chi connectivity index (χ3n) is 1.69.